The number of hydrogen-bond donors (Lipinski definition) is 3. The SMILES string of the molecule is O=C(N[C@@H](Cc1c[nH]c2ccccc12)C(=O)NC1CCCC1)c1ccc(F)cc1. The Morgan fingerprint density at radius 2 is 1.79 bits per heavy atom. The van der Waals surface area contributed by atoms with E-state index < -0.39 is 17.8 Å². The van der Waals surface area contributed by atoms with Crippen LogP contribution < -0.4 is 10.6 Å². The smallest absolute Gasteiger partial charge is 0.251 e. The maximum atomic E-state index is 13.2. The van der Waals surface area contributed by atoms with Crippen molar-refractivity contribution in [3.8, 4) is 0 Å². The zero-order valence-electron chi connectivity index (χ0n) is 16.1. The molecule has 2 aromatic carbocycles. The van der Waals surface area contributed by atoms with Crippen LogP contribution in [0.3, 0.4) is 0 Å². The van der Waals surface area contributed by atoms with Crippen LogP contribution in [0.4, 0.5) is 4.39 Å². The van der Waals surface area contributed by atoms with E-state index in [1.807, 2.05) is 30.5 Å². The topological polar surface area (TPSA) is 74.0 Å². The first-order valence-electron chi connectivity index (χ1n) is 10.0. The minimum Gasteiger partial charge on any atom is -0.361 e. The lowest BCUT2D eigenvalue weighted by Crippen LogP contribution is -2.50. The summed E-state index contributed by atoms with van der Waals surface area (Å²) >= 11 is 0. The largest absolute Gasteiger partial charge is 0.361 e. The van der Waals surface area contributed by atoms with Crippen LogP contribution in [0.25, 0.3) is 10.9 Å². The minimum atomic E-state index is -0.715. The molecule has 1 aromatic heterocycles. The van der Waals surface area contributed by atoms with E-state index in [4.69, 9.17) is 0 Å². The standard InChI is InChI=1S/C23H24FN3O2/c24-17-11-9-15(10-12-17)22(28)27-21(23(29)26-18-5-1-2-6-18)13-16-14-25-20-8-4-3-7-19(16)20/h3-4,7-12,14,18,21,25H,1-2,5-6,13H2,(H,26,29)(H,27,28)/t21-/m0/s1. The average molecular weight is 393 g/mol. The van der Waals surface area contributed by atoms with Gasteiger partial charge >= 0.3 is 0 Å². The van der Waals surface area contributed by atoms with Crippen LogP contribution in [0.1, 0.15) is 41.6 Å². The first-order chi connectivity index (χ1) is 14.1. The van der Waals surface area contributed by atoms with Crippen LogP contribution in [-0.2, 0) is 11.2 Å². The highest BCUT2D eigenvalue weighted by atomic mass is 19.1. The highest BCUT2D eigenvalue weighted by Gasteiger charge is 2.26. The van der Waals surface area contributed by atoms with E-state index >= 15 is 0 Å². The van der Waals surface area contributed by atoms with Crippen molar-refractivity contribution in [1.82, 2.24) is 15.6 Å². The summed E-state index contributed by atoms with van der Waals surface area (Å²) in [5, 5.41) is 6.95. The molecule has 1 saturated carbocycles. The molecule has 1 aliphatic carbocycles. The number of rotatable bonds is 6. The van der Waals surface area contributed by atoms with Crippen LogP contribution in [0, 0.1) is 5.82 Å². The number of benzene rings is 2. The van der Waals surface area contributed by atoms with Gasteiger partial charge in [0.05, 0.1) is 0 Å². The van der Waals surface area contributed by atoms with Crippen molar-refractivity contribution >= 4 is 22.7 Å². The summed E-state index contributed by atoms with van der Waals surface area (Å²) in [5.74, 6) is -0.982. The second-order valence-electron chi connectivity index (χ2n) is 7.59. The maximum Gasteiger partial charge on any atom is 0.251 e. The van der Waals surface area contributed by atoms with Crippen LogP contribution in [-0.4, -0.2) is 28.9 Å². The Labute approximate surface area is 168 Å². The number of aromatic nitrogens is 1. The van der Waals surface area contributed by atoms with Crippen molar-refractivity contribution in [3.05, 3.63) is 71.7 Å². The van der Waals surface area contributed by atoms with Gasteiger partial charge in [0, 0.05) is 35.1 Å². The number of halogens is 1. The quantitative estimate of drug-likeness (QED) is 0.597. The molecule has 150 valence electrons. The Morgan fingerprint density at radius 3 is 2.55 bits per heavy atom. The third-order valence-electron chi connectivity index (χ3n) is 5.53. The molecule has 3 N–H and O–H groups in total. The van der Waals surface area contributed by atoms with Crippen LogP contribution in [0.5, 0.6) is 0 Å². The summed E-state index contributed by atoms with van der Waals surface area (Å²) in [7, 11) is 0. The van der Waals surface area contributed by atoms with E-state index in [0.717, 1.165) is 42.1 Å². The first kappa shape index (κ1) is 19.2. The average Bonchev–Trinajstić information content (AvgIpc) is 3.38. The summed E-state index contributed by atoms with van der Waals surface area (Å²) < 4.78 is 13.2. The number of carbonyl (C=O) groups excluding carboxylic acids is 2. The zero-order chi connectivity index (χ0) is 20.2. The molecule has 1 fully saturated rings. The van der Waals surface area contributed by atoms with Gasteiger partial charge in [-0.05, 0) is 48.7 Å². The fourth-order valence-electron chi connectivity index (χ4n) is 3.94. The predicted octanol–water partition coefficient (Wildman–Crippen LogP) is 3.71. The van der Waals surface area contributed by atoms with E-state index in [0.29, 0.717) is 12.0 Å². The molecule has 2 amide bonds. The number of amides is 2. The Hall–Kier alpha value is -3.15. The number of fused-ring (bicyclic) bond motifs is 1. The molecule has 1 heterocycles. The molecule has 1 atom stereocenters. The Kier molecular flexibility index (Phi) is 5.60. The molecule has 0 saturated heterocycles. The molecular weight excluding hydrogens is 369 g/mol. The number of para-hydroxylation sites is 1. The summed E-state index contributed by atoms with van der Waals surface area (Å²) in [6.45, 7) is 0. The number of carbonyl (C=O) groups is 2. The van der Waals surface area contributed by atoms with E-state index in [9.17, 15) is 14.0 Å². The second kappa shape index (κ2) is 8.47. The zero-order valence-corrected chi connectivity index (χ0v) is 16.1. The molecule has 0 radical (unpaired) electrons. The van der Waals surface area contributed by atoms with E-state index in [1.165, 1.54) is 24.3 Å². The molecule has 5 nitrogen and oxygen atoms in total. The van der Waals surface area contributed by atoms with E-state index in [2.05, 4.69) is 15.6 Å². The predicted molar refractivity (Wildman–Crippen MR) is 110 cm³/mol. The molecule has 0 aliphatic heterocycles. The Bertz CT molecular complexity index is 1010. The van der Waals surface area contributed by atoms with Gasteiger partial charge in [0.1, 0.15) is 11.9 Å². The lowest BCUT2D eigenvalue weighted by Gasteiger charge is -2.21. The summed E-state index contributed by atoms with van der Waals surface area (Å²) in [6.07, 6.45) is 6.41. The lowest BCUT2D eigenvalue weighted by molar-refractivity contribution is -0.123. The molecular formula is C23H24FN3O2. The van der Waals surface area contributed by atoms with E-state index in [-0.39, 0.29) is 11.9 Å². The number of hydrogen-bond acceptors (Lipinski definition) is 2. The molecule has 0 spiro atoms. The van der Waals surface area contributed by atoms with Crippen molar-refractivity contribution in [2.24, 2.45) is 0 Å². The number of aromatic amines is 1. The molecule has 4 rings (SSSR count). The normalized spacial score (nSPS) is 15.3. The van der Waals surface area contributed by atoms with E-state index in [1.54, 1.807) is 0 Å². The molecule has 1 aliphatic rings. The van der Waals surface area contributed by atoms with Gasteiger partial charge in [0.15, 0.2) is 0 Å². The minimum absolute atomic E-state index is 0.163. The van der Waals surface area contributed by atoms with Gasteiger partial charge in [-0.3, -0.25) is 9.59 Å². The Morgan fingerprint density at radius 1 is 1.07 bits per heavy atom. The monoisotopic (exact) mass is 393 g/mol. The second-order valence-corrected chi connectivity index (χ2v) is 7.59. The van der Waals surface area contributed by atoms with Crippen molar-refractivity contribution in [2.45, 2.75) is 44.2 Å². The Balaban J connectivity index is 1.55. The molecule has 6 heteroatoms. The van der Waals surface area contributed by atoms with Crippen LogP contribution >= 0.6 is 0 Å². The number of H-pyrrole nitrogens is 1. The summed E-state index contributed by atoms with van der Waals surface area (Å²) in [6, 6.07) is 12.6. The highest BCUT2D eigenvalue weighted by molar-refractivity contribution is 5.98. The van der Waals surface area contributed by atoms with Gasteiger partial charge in [-0.1, -0.05) is 31.0 Å². The lowest BCUT2D eigenvalue weighted by atomic mass is 10.0. The molecule has 29 heavy (non-hydrogen) atoms. The van der Waals surface area contributed by atoms with Gasteiger partial charge in [0.2, 0.25) is 5.91 Å². The van der Waals surface area contributed by atoms with Crippen molar-refractivity contribution in [1.29, 1.82) is 0 Å². The third kappa shape index (κ3) is 4.47. The molecule has 0 unspecified atom stereocenters. The fourth-order valence-corrected chi connectivity index (χ4v) is 3.94. The molecule has 3 aromatic rings. The number of nitrogens with one attached hydrogen (secondary N) is 3. The van der Waals surface area contributed by atoms with Gasteiger partial charge in [0.25, 0.3) is 5.91 Å². The summed E-state index contributed by atoms with van der Waals surface area (Å²) in [4.78, 5) is 28.9. The van der Waals surface area contributed by atoms with Gasteiger partial charge < -0.3 is 15.6 Å². The fraction of sp³-hybridized carbons (Fsp3) is 0.304. The van der Waals surface area contributed by atoms with Gasteiger partial charge in [-0.15, -0.1) is 0 Å². The summed E-state index contributed by atoms with van der Waals surface area (Å²) in [5.41, 5.74) is 2.28. The van der Waals surface area contributed by atoms with Gasteiger partial charge in [-0.2, -0.15) is 0 Å². The van der Waals surface area contributed by atoms with Gasteiger partial charge in [-0.25, -0.2) is 4.39 Å². The third-order valence-corrected chi connectivity index (χ3v) is 5.53. The highest BCUT2D eigenvalue weighted by Crippen LogP contribution is 2.21. The first-order valence-corrected chi connectivity index (χ1v) is 10.0. The van der Waals surface area contributed by atoms with Crippen molar-refractivity contribution in [3.63, 3.8) is 0 Å². The van der Waals surface area contributed by atoms with Crippen molar-refractivity contribution in [2.75, 3.05) is 0 Å². The van der Waals surface area contributed by atoms with Crippen LogP contribution in [0.15, 0.2) is 54.7 Å². The van der Waals surface area contributed by atoms with Crippen LogP contribution in [0.2, 0.25) is 0 Å². The maximum absolute atomic E-state index is 13.2. The molecule has 0 bridgehead atoms. The van der Waals surface area contributed by atoms with Crippen molar-refractivity contribution < 1.29 is 14.0 Å².